The Labute approximate surface area is 157 Å². The summed E-state index contributed by atoms with van der Waals surface area (Å²) in [4.78, 5) is 25.9. The number of hydrogen-bond acceptors (Lipinski definition) is 3. The number of rotatable bonds is 5. The van der Waals surface area contributed by atoms with Crippen molar-refractivity contribution in [1.82, 2.24) is 0 Å². The number of anilines is 1. The second kappa shape index (κ2) is 9.06. The van der Waals surface area contributed by atoms with Crippen LogP contribution in [0.25, 0.3) is 5.57 Å². The van der Waals surface area contributed by atoms with E-state index in [1.165, 1.54) is 17.0 Å². The molecule has 0 spiro atoms. The van der Waals surface area contributed by atoms with Crippen molar-refractivity contribution in [1.29, 1.82) is 0 Å². The number of amides is 1. The van der Waals surface area contributed by atoms with E-state index < -0.39 is 17.7 Å². The van der Waals surface area contributed by atoms with Gasteiger partial charge in [-0.15, -0.1) is 0 Å². The molecule has 0 aromatic heterocycles. The maximum absolute atomic E-state index is 13.2. The number of carbonyl (C=O) groups excluding carboxylic acids is 2. The number of carbonyl (C=O) groups is 2. The monoisotopic (exact) mass is 383 g/mol. The molecule has 0 saturated heterocycles. The Morgan fingerprint density at radius 3 is 2.63 bits per heavy atom. The summed E-state index contributed by atoms with van der Waals surface area (Å²) in [6.45, 7) is 4.16. The topological polar surface area (TPSA) is 46.6 Å². The van der Waals surface area contributed by atoms with Crippen LogP contribution in [0.1, 0.15) is 57.1 Å². The Morgan fingerprint density at radius 2 is 2.00 bits per heavy atom. The molecule has 148 valence electrons. The third kappa shape index (κ3) is 5.34. The molecule has 1 aromatic rings. The SMILES string of the molecule is CCCCC(=O)N1CCCC(=CC(=O)OCC)c2ccc(C(F)(F)F)cc21. The first-order valence-electron chi connectivity index (χ1n) is 9.17. The maximum atomic E-state index is 13.2. The molecule has 1 aliphatic heterocycles. The average molecular weight is 383 g/mol. The van der Waals surface area contributed by atoms with Gasteiger partial charge in [0.2, 0.25) is 5.91 Å². The minimum absolute atomic E-state index is 0.199. The van der Waals surface area contributed by atoms with Gasteiger partial charge >= 0.3 is 12.1 Å². The summed E-state index contributed by atoms with van der Waals surface area (Å²) in [6, 6.07) is 3.33. The van der Waals surface area contributed by atoms with E-state index in [-0.39, 0.29) is 24.6 Å². The van der Waals surface area contributed by atoms with E-state index in [4.69, 9.17) is 4.74 Å². The van der Waals surface area contributed by atoms with E-state index in [0.717, 1.165) is 18.6 Å². The van der Waals surface area contributed by atoms with Crippen molar-refractivity contribution in [3.8, 4) is 0 Å². The van der Waals surface area contributed by atoms with Crippen molar-refractivity contribution in [3.05, 3.63) is 35.4 Å². The lowest BCUT2D eigenvalue weighted by atomic mass is 9.98. The van der Waals surface area contributed by atoms with Crippen LogP contribution < -0.4 is 4.90 Å². The lowest BCUT2D eigenvalue weighted by Gasteiger charge is -2.24. The number of fused-ring (bicyclic) bond motifs is 1. The summed E-state index contributed by atoms with van der Waals surface area (Å²) in [5.74, 6) is -0.737. The van der Waals surface area contributed by atoms with Gasteiger partial charge in [0.1, 0.15) is 0 Å². The molecule has 1 amide bonds. The lowest BCUT2D eigenvalue weighted by Crippen LogP contribution is -2.31. The maximum Gasteiger partial charge on any atom is 0.416 e. The van der Waals surface area contributed by atoms with Gasteiger partial charge in [-0.1, -0.05) is 19.4 Å². The summed E-state index contributed by atoms with van der Waals surface area (Å²) in [6.07, 6.45) is -0.380. The Kier molecular flexibility index (Phi) is 7.05. The standard InChI is InChI=1S/C20H24F3NO3/c1-3-5-8-18(25)24-11-6-7-14(12-19(26)27-4-2)16-10-9-15(13-17(16)24)20(21,22)23/h9-10,12-13H,3-8,11H2,1-2H3. The number of nitrogens with zero attached hydrogens (tertiary/aromatic N) is 1. The van der Waals surface area contributed by atoms with Crippen LogP contribution in [0.3, 0.4) is 0 Å². The molecule has 0 bridgehead atoms. The molecule has 0 aliphatic carbocycles. The molecular formula is C20H24F3NO3. The summed E-state index contributed by atoms with van der Waals surface area (Å²) >= 11 is 0. The molecule has 2 rings (SSSR count). The fourth-order valence-electron chi connectivity index (χ4n) is 3.08. The van der Waals surface area contributed by atoms with E-state index in [2.05, 4.69) is 0 Å². The van der Waals surface area contributed by atoms with Gasteiger partial charge < -0.3 is 9.64 Å². The Morgan fingerprint density at radius 1 is 1.26 bits per heavy atom. The second-order valence-corrected chi connectivity index (χ2v) is 6.40. The van der Waals surface area contributed by atoms with E-state index in [1.807, 2.05) is 6.92 Å². The molecule has 0 unspecified atom stereocenters. The smallest absolute Gasteiger partial charge is 0.416 e. The summed E-state index contributed by atoms with van der Waals surface area (Å²) in [7, 11) is 0. The highest BCUT2D eigenvalue weighted by Gasteiger charge is 2.33. The Bertz CT molecular complexity index is 726. The van der Waals surface area contributed by atoms with Crippen LogP contribution in [-0.4, -0.2) is 25.0 Å². The molecule has 0 N–H and O–H groups in total. The molecule has 1 heterocycles. The average Bonchev–Trinajstić information content (AvgIpc) is 2.78. The van der Waals surface area contributed by atoms with E-state index in [0.29, 0.717) is 36.9 Å². The zero-order valence-corrected chi connectivity index (χ0v) is 15.6. The van der Waals surface area contributed by atoms with Crippen molar-refractivity contribution >= 4 is 23.1 Å². The van der Waals surface area contributed by atoms with Crippen molar-refractivity contribution in [2.75, 3.05) is 18.1 Å². The van der Waals surface area contributed by atoms with E-state index in [1.54, 1.807) is 6.92 Å². The van der Waals surface area contributed by atoms with Gasteiger partial charge in [0.15, 0.2) is 0 Å². The molecule has 1 aromatic carbocycles. The number of halogens is 3. The predicted molar refractivity (Wildman–Crippen MR) is 97.2 cm³/mol. The Balaban J connectivity index is 2.52. The van der Waals surface area contributed by atoms with Crippen molar-refractivity contribution < 1.29 is 27.5 Å². The number of benzene rings is 1. The van der Waals surface area contributed by atoms with Gasteiger partial charge in [-0.25, -0.2) is 4.79 Å². The largest absolute Gasteiger partial charge is 0.463 e. The van der Waals surface area contributed by atoms with Gasteiger partial charge in [0, 0.05) is 24.6 Å². The minimum atomic E-state index is -4.51. The molecular weight excluding hydrogens is 359 g/mol. The molecule has 0 radical (unpaired) electrons. The highest BCUT2D eigenvalue weighted by atomic mass is 19.4. The molecule has 7 heteroatoms. The molecule has 0 saturated carbocycles. The van der Waals surface area contributed by atoms with Crippen molar-refractivity contribution in [3.63, 3.8) is 0 Å². The van der Waals surface area contributed by atoms with Crippen LogP contribution in [0.2, 0.25) is 0 Å². The number of hydrogen-bond donors (Lipinski definition) is 0. The zero-order chi connectivity index (χ0) is 20.0. The second-order valence-electron chi connectivity index (χ2n) is 6.40. The van der Waals surface area contributed by atoms with Crippen LogP contribution >= 0.6 is 0 Å². The highest BCUT2D eigenvalue weighted by molar-refractivity contribution is 6.00. The van der Waals surface area contributed by atoms with Gasteiger partial charge in [0.25, 0.3) is 0 Å². The summed E-state index contributed by atoms with van der Waals surface area (Å²) in [5, 5.41) is 0. The third-order valence-electron chi connectivity index (χ3n) is 4.41. The van der Waals surface area contributed by atoms with E-state index in [9.17, 15) is 22.8 Å². The third-order valence-corrected chi connectivity index (χ3v) is 4.41. The fourth-order valence-corrected chi connectivity index (χ4v) is 3.08. The number of unbranched alkanes of at least 4 members (excludes halogenated alkanes) is 1. The number of ether oxygens (including phenoxy) is 1. The van der Waals surface area contributed by atoms with Crippen LogP contribution in [0.5, 0.6) is 0 Å². The molecule has 27 heavy (non-hydrogen) atoms. The summed E-state index contributed by atoms with van der Waals surface area (Å²) < 4.78 is 44.5. The number of alkyl halides is 3. The predicted octanol–water partition coefficient (Wildman–Crippen LogP) is 4.97. The zero-order valence-electron chi connectivity index (χ0n) is 15.6. The minimum Gasteiger partial charge on any atom is -0.463 e. The van der Waals surface area contributed by atoms with Crippen molar-refractivity contribution in [2.45, 2.75) is 52.1 Å². The van der Waals surface area contributed by atoms with Gasteiger partial charge in [-0.05, 0) is 43.9 Å². The van der Waals surface area contributed by atoms with Crippen LogP contribution in [0.4, 0.5) is 18.9 Å². The first-order valence-corrected chi connectivity index (χ1v) is 9.17. The molecule has 0 atom stereocenters. The number of esters is 1. The van der Waals surface area contributed by atoms with Gasteiger partial charge in [-0.3, -0.25) is 4.79 Å². The summed E-state index contributed by atoms with van der Waals surface area (Å²) in [5.41, 5.74) is 0.451. The van der Waals surface area contributed by atoms with E-state index >= 15 is 0 Å². The lowest BCUT2D eigenvalue weighted by molar-refractivity contribution is -0.138. The highest BCUT2D eigenvalue weighted by Crippen LogP contribution is 2.39. The molecule has 0 fully saturated rings. The first-order chi connectivity index (χ1) is 12.8. The van der Waals surface area contributed by atoms with Crippen molar-refractivity contribution in [2.24, 2.45) is 0 Å². The quantitative estimate of drug-likeness (QED) is 0.533. The number of allylic oxidation sites excluding steroid dienone is 1. The Hall–Kier alpha value is -2.31. The van der Waals surface area contributed by atoms with Crippen LogP contribution in [0.15, 0.2) is 24.3 Å². The van der Waals surface area contributed by atoms with Crippen LogP contribution in [0, 0.1) is 0 Å². The van der Waals surface area contributed by atoms with Crippen LogP contribution in [-0.2, 0) is 20.5 Å². The fraction of sp³-hybridized carbons (Fsp3) is 0.500. The van der Waals surface area contributed by atoms with Gasteiger partial charge in [0.05, 0.1) is 17.9 Å². The molecule has 1 aliphatic rings. The normalized spacial score (nSPS) is 16.0. The van der Waals surface area contributed by atoms with Gasteiger partial charge in [-0.2, -0.15) is 13.2 Å². The molecule has 4 nitrogen and oxygen atoms in total. The first kappa shape index (κ1) is 21.0.